The smallest absolute Gasteiger partial charge is 0.435 e. The summed E-state index contributed by atoms with van der Waals surface area (Å²) in [6, 6.07) is 6.08. The van der Waals surface area contributed by atoms with Crippen molar-refractivity contribution in [1.82, 2.24) is 25.2 Å². The molecule has 3 fully saturated rings. The van der Waals surface area contributed by atoms with Crippen molar-refractivity contribution in [2.45, 2.75) is 80.3 Å². The first-order valence-electron chi connectivity index (χ1n) is 18.2. The lowest BCUT2D eigenvalue weighted by Gasteiger charge is -2.40. The number of hydrogen-bond donors (Lipinski definition) is 1. The average Bonchev–Trinajstić information content (AvgIpc) is 3.67. The first-order valence-corrected chi connectivity index (χ1v) is 18.2. The Hall–Kier alpha value is -4.54. The molecule has 0 radical (unpaired) electrons. The van der Waals surface area contributed by atoms with E-state index in [1.165, 1.54) is 17.0 Å². The van der Waals surface area contributed by atoms with Crippen LogP contribution in [0.15, 0.2) is 30.3 Å². The van der Waals surface area contributed by atoms with E-state index < -0.39 is 54.0 Å². The molecule has 0 bridgehead atoms. The maximum absolute atomic E-state index is 17.1. The fourth-order valence-corrected chi connectivity index (χ4v) is 9.07. The molecule has 57 heavy (non-hydrogen) atoms. The van der Waals surface area contributed by atoms with Crippen molar-refractivity contribution in [3.63, 3.8) is 0 Å². The number of hydrogen-bond acceptors (Lipinski definition) is 8. The zero-order chi connectivity index (χ0) is 40.7. The highest BCUT2D eigenvalue weighted by Crippen LogP contribution is 2.55. The van der Waals surface area contributed by atoms with Crippen molar-refractivity contribution in [2.24, 2.45) is 0 Å². The molecule has 2 aromatic carbocycles. The molecular formula is C38H33F11N6O2. The molecule has 8 nitrogen and oxygen atoms in total. The minimum atomic E-state index is -6.85. The number of nitrogens with one attached hydrogen (secondary N) is 1. The topological polar surface area (TPSA) is 75.6 Å². The summed E-state index contributed by atoms with van der Waals surface area (Å²) in [5, 5.41) is 4.51. The van der Waals surface area contributed by atoms with E-state index in [0.717, 1.165) is 0 Å². The number of fused-ring (bicyclic) bond motifs is 4. The van der Waals surface area contributed by atoms with Crippen molar-refractivity contribution in [3.05, 3.63) is 53.2 Å². The van der Waals surface area contributed by atoms with Gasteiger partial charge in [0.15, 0.2) is 5.82 Å². The van der Waals surface area contributed by atoms with Crippen LogP contribution in [-0.2, 0) is 11.2 Å². The van der Waals surface area contributed by atoms with E-state index in [4.69, 9.17) is 21.1 Å². The van der Waals surface area contributed by atoms with Gasteiger partial charge in [-0.15, -0.1) is 6.42 Å². The molecule has 2 aromatic heterocycles. The zero-order valence-electron chi connectivity index (χ0n) is 29.8. The molecule has 304 valence electrons. The van der Waals surface area contributed by atoms with Gasteiger partial charge in [0.25, 0.3) is 0 Å². The standard InChI is InChI=1S/C38H33F11N6O2/c1-2-23-25(39)9-7-20-5-3-6-24(27(20)23)30-29(40)31-28-26(51-30)10-8-21-17-50-14-16-54(21)32(28)53-33(52-31)56-19-34-12-4-15-55(34)22(11-13-34)18-57-35(36(41,42)43,37(44,45)46)38(47,48)49/h1,3,5-7,9,21-22,50H,4,8,10-19H2/t21?,22-,34?/m0/s1. The van der Waals surface area contributed by atoms with Crippen LogP contribution in [0.25, 0.3) is 32.9 Å². The zero-order valence-corrected chi connectivity index (χ0v) is 29.8. The van der Waals surface area contributed by atoms with Crippen LogP contribution >= 0.6 is 0 Å². The van der Waals surface area contributed by atoms with E-state index in [1.807, 2.05) is 4.90 Å². The SMILES string of the molecule is C#Cc1c(F)ccc2cccc(-c3nc4c5c(nc(OCC67CCCN6[C@H](COC(C(F)(F)F)(C(F)(F)F)C(F)(F)F)CC7)nc5c3F)N3CCNCC3CC4)c12. The van der Waals surface area contributed by atoms with Crippen LogP contribution in [0, 0.1) is 24.0 Å². The van der Waals surface area contributed by atoms with Gasteiger partial charge in [0.05, 0.1) is 28.8 Å². The lowest BCUT2D eigenvalue weighted by molar-refractivity contribution is -0.458. The quantitative estimate of drug-likeness (QED) is 0.151. The molecule has 19 heteroatoms. The summed E-state index contributed by atoms with van der Waals surface area (Å²) in [6.45, 7) is 0.0189. The molecule has 0 aliphatic carbocycles. The Balaban J connectivity index is 1.16. The van der Waals surface area contributed by atoms with Gasteiger partial charge in [0.1, 0.15) is 29.5 Å². The van der Waals surface area contributed by atoms with Gasteiger partial charge >= 0.3 is 30.1 Å². The van der Waals surface area contributed by atoms with Crippen molar-refractivity contribution >= 4 is 27.5 Å². The number of piperazine rings is 1. The summed E-state index contributed by atoms with van der Waals surface area (Å²) >= 11 is 0. The Bertz CT molecular complexity index is 2240. The third-order valence-electron chi connectivity index (χ3n) is 11.7. The Kier molecular flexibility index (Phi) is 9.51. The normalized spacial score (nSPS) is 23.1. The molecule has 0 spiro atoms. The van der Waals surface area contributed by atoms with E-state index in [9.17, 15) is 43.9 Å². The molecule has 6 heterocycles. The van der Waals surface area contributed by atoms with Crippen LogP contribution < -0.4 is 15.0 Å². The summed E-state index contributed by atoms with van der Waals surface area (Å²) in [6.07, 6.45) is -13.0. The summed E-state index contributed by atoms with van der Waals surface area (Å²) in [4.78, 5) is 17.5. The van der Waals surface area contributed by atoms with E-state index in [1.54, 1.807) is 18.2 Å². The number of alkyl halides is 9. The largest absolute Gasteiger partial charge is 0.461 e. The molecule has 4 aliphatic rings. The average molecular weight is 815 g/mol. The Labute approximate surface area is 317 Å². The maximum Gasteiger partial charge on any atom is 0.435 e. The van der Waals surface area contributed by atoms with Gasteiger partial charge in [0, 0.05) is 42.7 Å². The van der Waals surface area contributed by atoms with Crippen molar-refractivity contribution in [1.29, 1.82) is 0 Å². The predicted octanol–water partition coefficient (Wildman–Crippen LogP) is 7.65. The highest BCUT2D eigenvalue weighted by Gasteiger charge is 2.85. The first kappa shape index (κ1) is 39.3. The molecule has 0 saturated carbocycles. The highest BCUT2D eigenvalue weighted by molar-refractivity contribution is 6.02. The highest BCUT2D eigenvalue weighted by atomic mass is 19.4. The molecule has 4 aliphatic heterocycles. The van der Waals surface area contributed by atoms with Gasteiger partial charge in [-0.2, -0.15) is 49.5 Å². The molecule has 3 saturated heterocycles. The van der Waals surface area contributed by atoms with Gasteiger partial charge < -0.3 is 19.7 Å². The number of terminal acetylenes is 1. The first-order chi connectivity index (χ1) is 26.9. The number of nitrogens with zero attached hydrogens (tertiary/aromatic N) is 5. The number of ether oxygens (including phenoxy) is 2. The molecule has 0 amide bonds. The van der Waals surface area contributed by atoms with Gasteiger partial charge in [-0.05, 0) is 56.5 Å². The lowest BCUT2D eigenvalue weighted by Crippen LogP contribution is -2.68. The molecular weight excluding hydrogens is 781 g/mol. The number of pyridine rings is 1. The van der Waals surface area contributed by atoms with Gasteiger partial charge in [-0.25, -0.2) is 13.8 Å². The number of rotatable bonds is 7. The summed E-state index contributed by atoms with van der Waals surface area (Å²) in [5.41, 5.74) is -7.05. The fourth-order valence-electron chi connectivity index (χ4n) is 9.07. The van der Waals surface area contributed by atoms with Crippen LogP contribution in [0.5, 0.6) is 6.01 Å². The number of benzene rings is 2. The maximum atomic E-state index is 17.1. The third kappa shape index (κ3) is 6.20. The number of halogens is 11. The molecule has 4 aromatic rings. The van der Waals surface area contributed by atoms with Crippen molar-refractivity contribution in [2.75, 3.05) is 44.3 Å². The van der Waals surface area contributed by atoms with Crippen molar-refractivity contribution in [3.8, 4) is 29.6 Å². The third-order valence-corrected chi connectivity index (χ3v) is 11.7. The summed E-state index contributed by atoms with van der Waals surface area (Å²) in [7, 11) is 0. The van der Waals surface area contributed by atoms with E-state index in [0.29, 0.717) is 67.6 Å². The monoisotopic (exact) mass is 814 g/mol. The van der Waals surface area contributed by atoms with Crippen LogP contribution in [-0.4, -0.2) is 101 Å². The Morgan fingerprint density at radius 3 is 2.37 bits per heavy atom. The molecule has 8 rings (SSSR count). The Morgan fingerprint density at radius 1 is 0.895 bits per heavy atom. The van der Waals surface area contributed by atoms with Crippen LogP contribution in [0.3, 0.4) is 0 Å². The molecule has 2 unspecified atom stereocenters. The van der Waals surface area contributed by atoms with Gasteiger partial charge in [-0.1, -0.05) is 30.2 Å². The lowest BCUT2D eigenvalue weighted by atomic mass is 9.95. The second kappa shape index (κ2) is 13.8. The van der Waals surface area contributed by atoms with Gasteiger partial charge in [0.2, 0.25) is 0 Å². The second-order valence-corrected chi connectivity index (χ2v) is 14.8. The second-order valence-electron chi connectivity index (χ2n) is 14.8. The number of aromatic nitrogens is 3. The van der Waals surface area contributed by atoms with Crippen LogP contribution in [0.4, 0.5) is 54.1 Å². The van der Waals surface area contributed by atoms with E-state index in [-0.39, 0.29) is 65.8 Å². The van der Waals surface area contributed by atoms with E-state index >= 15 is 4.39 Å². The number of aryl methyl sites for hydroxylation is 1. The van der Waals surface area contributed by atoms with Crippen LogP contribution in [0.2, 0.25) is 0 Å². The van der Waals surface area contributed by atoms with E-state index in [2.05, 4.69) is 21.0 Å². The minimum absolute atomic E-state index is 0.0765. The molecule has 3 atom stereocenters. The van der Waals surface area contributed by atoms with Crippen molar-refractivity contribution < 1.29 is 57.8 Å². The van der Waals surface area contributed by atoms with Crippen LogP contribution in [0.1, 0.15) is 43.4 Å². The summed E-state index contributed by atoms with van der Waals surface area (Å²) < 4.78 is 165. The molecule has 1 N–H and O–H groups in total. The summed E-state index contributed by atoms with van der Waals surface area (Å²) in [5.74, 6) is 1.17. The van der Waals surface area contributed by atoms with Gasteiger partial charge in [-0.3, -0.25) is 4.90 Å². The minimum Gasteiger partial charge on any atom is -0.461 e. The fraction of sp³-hybridized carbons (Fsp3) is 0.500. The predicted molar refractivity (Wildman–Crippen MR) is 184 cm³/mol. The Morgan fingerprint density at radius 2 is 1.65 bits per heavy atom. The number of anilines is 1.